The minimum Gasteiger partial charge on any atom is -0.778 e. The number of hydrogen-bond acceptors (Lipinski definition) is 15. The van der Waals surface area contributed by atoms with Gasteiger partial charge in [-0.2, -0.15) is 17.8 Å². The number of halogens is 3. The maximum atomic E-state index is 13.1. The number of methoxy groups -OCH3 is 1. The van der Waals surface area contributed by atoms with Gasteiger partial charge in [-0.3, -0.25) is 24.3 Å². The molecule has 0 amide bonds. The fraction of sp³-hybridized carbons (Fsp3) is 0.462. The number of nitrogen functional groups attached to an aromatic ring is 1. The van der Waals surface area contributed by atoms with Crippen molar-refractivity contribution in [3.63, 3.8) is 0 Å². The van der Waals surface area contributed by atoms with Gasteiger partial charge in [-0.25, -0.2) is 14.2 Å². The molecule has 25 heteroatoms. The van der Waals surface area contributed by atoms with Crippen LogP contribution in [0.5, 0.6) is 11.5 Å². The van der Waals surface area contributed by atoms with E-state index >= 15 is 0 Å². The SMILES string of the molecule is CCc1ccc(COc2ccc(-n3c(=O)cc(C(F)(F)F)n(C)c3=O)cc2)c(OC(C)C(=O)OC)c1.CSc1nnc(C(C)(C)C)c(=O)n1N.C[S+](C)C.O=C(O)CNCP(=O)([O-])O. The number of rotatable bonds is 13. The summed E-state index contributed by atoms with van der Waals surface area (Å²) in [5, 5.41) is 18.2. The first-order chi connectivity index (χ1) is 29.5. The number of thioether (sulfide) groups is 1. The quantitative estimate of drug-likeness (QED) is 0.0493. The Morgan fingerprint density at radius 1 is 1.05 bits per heavy atom. The lowest BCUT2D eigenvalue weighted by Gasteiger charge is -2.17. The molecular weight excluding hydrogens is 911 g/mol. The average molecular weight is 966 g/mol. The molecule has 0 aliphatic heterocycles. The molecular formula is C39H55F3N7O12PS2. The van der Waals surface area contributed by atoms with Crippen molar-refractivity contribution in [1.82, 2.24) is 29.3 Å². The summed E-state index contributed by atoms with van der Waals surface area (Å²) in [4.78, 5) is 76.0. The number of nitrogens with two attached hydrogens (primary N) is 1. The fourth-order valence-corrected chi connectivity index (χ4v) is 5.54. The Kier molecular flexibility index (Phi) is 22.6. The third-order valence-electron chi connectivity index (χ3n) is 7.82. The molecule has 19 nitrogen and oxygen atoms in total. The van der Waals surface area contributed by atoms with Crippen molar-refractivity contribution in [3.05, 3.63) is 102 Å². The number of carbonyl (C=O) groups excluding carboxylic acids is 1. The molecule has 5 N–H and O–H groups in total. The Labute approximate surface area is 374 Å². The monoisotopic (exact) mass is 965 g/mol. The number of carboxylic acids is 1. The Morgan fingerprint density at radius 2 is 1.62 bits per heavy atom. The number of carbonyl (C=O) groups is 2. The summed E-state index contributed by atoms with van der Waals surface area (Å²) in [6.45, 7) is 8.85. The number of nitrogens with one attached hydrogen (secondary N) is 1. The van der Waals surface area contributed by atoms with Crippen LogP contribution in [0, 0.1) is 0 Å². The summed E-state index contributed by atoms with van der Waals surface area (Å²) < 4.78 is 67.5. The third kappa shape index (κ3) is 18.9. The number of benzene rings is 2. The lowest BCUT2D eigenvalue weighted by Crippen LogP contribution is -2.40. The summed E-state index contributed by atoms with van der Waals surface area (Å²) in [5.74, 6) is 4.71. The smallest absolute Gasteiger partial charge is 0.431 e. The first-order valence-corrected chi connectivity index (χ1v) is 24.2. The highest BCUT2D eigenvalue weighted by Gasteiger charge is 2.35. The molecule has 2 heterocycles. The first kappa shape index (κ1) is 56.9. The van der Waals surface area contributed by atoms with Crippen LogP contribution in [0.25, 0.3) is 5.69 Å². The van der Waals surface area contributed by atoms with Crippen LogP contribution >= 0.6 is 19.4 Å². The summed E-state index contributed by atoms with van der Waals surface area (Å²) >= 11 is 1.29. The molecule has 0 saturated heterocycles. The molecule has 0 radical (unpaired) electrons. The average Bonchev–Trinajstić information content (AvgIpc) is 3.18. The summed E-state index contributed by atoms with van der Waals surface area (Å²) in [6, 6.07) is 11.7. The van der Waals surface area contributed by atoms with Gasteiger partial charge in [0.05, 0.1) is 44.4 Å². The molecule has 0 saturated carbocycles. The van der Waals surface area contributed by atoms with E-state index in [1.54, 1.807) is 13.2 Å². The fourth-order valence-electron chi connectivity index (χ4n) is 4.74. The molecule has 0 fully saturated rings. The van der Waals surface area contributed by atoms with Gasteiger partial charge in [0.25, 0.3) is 11.1 Å². The predicted octanol–water partition coefficient (Wildman–Crippen LogP) is 2.67. The summed E-state index contributed by atoms with van der Waals surface area (Å²) in [5.41, 5.74) is -2.03. The highest BCUT2D eigenvalue weighted by atomic mass is 32.2. The van der Waals surface area contributed by atoms with E-state index in [0.717, 1.165) is 23.7 Å². The number of esters is 1. The molecule has 64 heavy (non-hydrogen) atoms. The van der Waals surface area contributed by atoms with Gasteiger partial charge in [-0.1, -0.05) is 51.6 Å². The van der Waals surface area contributed by atoms with E-state index in [4.69, 9.17) is 30.1 Å². The maximum Gasteiger partial charge on any atom is 0.431 e. The lowest BCUT2D eigenvalue weighted by atomic mass is 9.93. The normalized spacial score (nSPS) is 12.5. The zero-order chi connectivity index (χ0) is 49.3. The van der Waals surface area contributed by atoms with Crippen molar-refractivity contribution >= 4 is 42.2 Å². The van der Waals surface area contributed by atoms with Crippen LogP contribution < -0.4 is 42.3 Å². The number of aromatic nitrogens is 5. The van der Waals surface area contributed by atoms with E-state index in [1.165, 1.54) is 43.1 Å². The predicted molar refractivity (Wildman–Crippen MR) is 237 cm³/mol. The molecule has 0 aliphatic rings. The van der Waals surface area contributed by atoms with Crippen LogP contribution in [0.1, 0.15) is 57.1 Å². The molecule has 4 rings (SSSR count). The minimum absolute atomic E-state index is 0.0779. The Hall–Kier alpha value is -5.13. The van der Waals surface area contributed by atoms with Crippen molar-refractivity contribution in [2.24, 2.45) is 7.05 Å². The van der Waals surface area contributed by atoms with Crippen LogP contribution in [0.3, 0.4) is 0 Å². The van der Waals surface area contributed by atoms with Gasteiger partial charge in [0.15, 0.2) is 6.10 Å². The highest BCUT2D eigenvalue weighted by Crippen LogP contribution is 2.28. The summed E-state index contributed by atoms with van der Waals surface area (Å²) in [6.07, 6.45) is 2.76. The Bertz CT molecular complexity index is 2400. The van der Waals surface area contributed by atoms with Gasteiger partial charge >= 0.3 is 23.8 Å². The van der Waals surface area contributed by atoms with Crippen molar-refractivity contribution in [2.75, 3.05) is 50.8 Å². The van der Waals surface area contributed by atoms with Gasteiger partial charge in [0.1, 0.15) is 37.1 Å². The van der Waals surface area contributed by atoms with Gasteiger partial charge in [-0.15, -0.1) is 10.2 Å². The zero-order valence-electron chi connectivity index (χ0n) is 37.2. The number of aliphatic carboxylic acids is 1. The van der Waals surface area contributed by atoms with E-state index in [-0.39, 0.29) is 23.3 Å². The largest absolute Gasteiger partial charge is 0.778 e. The molecule has 356 valence electrons. The van der Waals surface area contributed by atoms with Crippen LogP contribution in [0.2, 0.25) is 0 Å². The number of carboxylic acid groups (broad SMARTS) is 1. The number of nitrogens with zero attached hydrogens (tertiary/aromatic N) is 5. The molecule has 0 bridgehead atoms. The van der Waals surface area contributed by atoms with E-state index in [2.05, 4.69) is 29.0 Å². The molecule has 0 aliphatic carbocycles. The highest BCUT2D eigenvalue weighted by molar-refractivity contribution is 7.98. The number of hydrogen-bond donors (Lipinski definition) is 4. The second kappa shape index (κ2) is 25.4. The standard InChI is InChI=1S/C25H25F3N2O6.C8H14N4OS.C3H8NO5P.C3H9S/c1-5-16-6-7-17(20(12-16)36-15(2)23(32)34-4)14-35-19-10-8-18(9-11-19)30-22(31)13-21(25(26,27)28)29(3)24(30)33;1-8(2,3)5-6(13)12(9)7(14-4)11-10-5;5-3(6)1-4-2-10(7,8)9;1-4(2)3/h6-13,15H,5,14H2,1-4H3;9H2,1-4H3;4H,1-2H2,(H,5,6)(H2,7,8,9);1-3H3/q;;;+1/p-1. The topological polar surface area (TPSA) is 272 Å². The van der Waals surface area contributed by atoms with E-state index in [0.29, 0.717) is 54.0 Å². The van der Waals surface area contributed by atoms with Crippen molar-refractivity contribution < 1.29 is 56.4 Å². The molecule has 2 aromatic heterocycles. The van der Waals surface area contributed by atoms with E-state index in [1.807, 2.05) is 51.2 Å². The molecule has 2 unspecified atom stereocenters. The number of aryl methyl sites for hydroxylation is 1. The van der Waals surface area contributed by atoms with Gasteiger partial charge in [0, 0.05) is 24.1 Å². The molecule has 0 spiro atoms. The van der Waals surface area contributed by atoms with E-state index in [9.17, 15) is 46.6 Å². The second-order valence-electron chi connectivity index (χ2n) is 14.7. The van der Waals surface area contributed by atoms with Crippen molar-refractivity contribution in [1.29, 1.82) is 0 Å². The number of alkyl halides is 3. The Balaban J connectivity index is 0.000000593. The van der Waals surface area contributed by atoms with Crippen LogP contribution in [0.15, 0.2) is 68.1 Å². The van der Waals surface area contributed by atoms with Crippen molar-refractivity contribution in [3.8, 4) is 17.2 Å². The third-order valence-corrected chi connectivity index (χ3v) is 9.09. The second-order valence-corrected chi connectivity index (χ2v) is 19.5. The Morgan fingerprint density at radius 3 is 2.09 bits per heavy atom. The van der Waals surface area contributed by atoms with Crippen molar-refractivity contribution in [2.45, 2.75) is 70.5 Å². The lowest BCUT2D eigenvalue weighted by molar-refractivity contribution is -0.193. The maximum absolute atomic E-state index is 13.1. The van der Waals surface area contributed by atoms with Crippen LogP contribution in [-0.4, -0.2) is 97.0 Å². The van der Waals surface area contributed by atoms with Crippen LogP contribution in [-0.2, 0) is 61.5 Å². The van der Waals surface area contributed by atoms with E-state index < -0.39 is 61.6 Å². The van der Waals surface area contributed by atoms with Gasteiger partial charge in [-0.05, 0) is 66.4 Å². The molecule has 4 aromatic rings. The van der Waals surface area contributed by atoms with Gasteiger partial charge < -0.3 is 39.5 Å². The van der Waals surface area contributed by atoms with Crippen LogP contribution in [0.4, 0.5) is 13.2 Å². The van der Waals surface area contributed by atoms with Gasteiger partial charge in [0.2, 0.25) is 5.16 Å². The minimum atomic E-state index is -4.84. The summed E-state index contributed by atoms with van der Waals surface area (Å²) in [7, 11) is -1.49. The zero-order valence-corrected chi connectivity index (χ0v) is 39.7. The molecule has 2 atom stereocenters. The first-order valence-electron chi connectivity index (χ1n) is 18.7. The molecule has 2 aromatic carbocycles. The number of ether oxygens (including phenoxy) is 3.